The smallest absolute Gasteiger partial charge is 0.263 e. The molecule has 2 N–H and O–H groups in total. The Kier molecular flexibility index (Phi) is 5.20. The van der Waals surface area contributed by atoms with Crippen molar-refractivity contribution >= 4 is 17.2 Å². The SMILES string of the molecule is CCC(C)N(C)C(=O)c1ccc(C#CCN)s1. The van der Waals surface area contributed by atoms with E-state index >= 15 is 0 Å². The third kappa shape index (κ3) is 3.58. The van der Waals surface area contributed by atoms with Gasteiger partial charge in [-0.2, -0.15) is 0 Å². The standard InChI is InChI=1S/C13H18N2OS/c1-4-10(2)15(3)13(16)12-8-7-11(17-12)6-5-9-14/h7-8,10H,4,9,14H2,1-3H3. The van der Waals surface area contributed by atoms with Crippen molar-refractivity contribution < 1.29 is 4.79 Å². The van der Waals surface area contributed by atoms with Crippen LogP contribution in [0.4, 0.5) is 0 Å². The van der Waals surface area contributed by atoms with Crippen molar-refractivity contribution in [3.8, 4) is 11.8 Å². The Bertz CT molecular complexity index is 442. The van der Waals surface area contributed by atoms with Crippen LogP contribution in [0.1, 0.15) is 34.8 Å². The van der Waals surface area contributed by atoms with Crippen LogP contribution in [0.25, 0.3) is 0 Å². The minimum atomic E-state index is 0.0603. The highest BCUT2D eigenvalue weighted by atomic mass is 32.1. The summed E-state index contributed by atoms with van der Waals surface area (Å²) in [6, 6.07) is 3.94. The van der Waals surface area contributed by atoms with Gasteiger partial charge in [0.25, 0.3) is 5.91 Å². The maximum absolute atomic E-state index is 12.1. The van der Waals surface area contributed by atoms with Gasteiger partial charge in [-0.1, -0.05) is 18.8 Å². The zero-order valence-corrected chi connectivity index (χ0v) is 11.3. The van der Waals surface area contributed by atoms with E-state index in [4.69, 9.17) is 5.73 Å². The monoisotopic (exact) mass is 250 g/mol. The molecule has 0 aromatic carbocycles. The lowest BCUT2D eigenvalue weighted by molar-refractivity contribution is 0.0745. The van der Waals surface area contributed by atoms with Gasteiger partial charge in [-0.3, -0.25) is 4.79 Å². The fourth-order valence-corrected chi connectivity index (χ4v) is 2.17. The molecule has 0 fully saturated rings. The molecule has 0 spiro atoms. The number of nitrogens with zero attached hydrogens (tertiary/aromatic N) is 1. The van der Waals surface area contributed by atoms with Crippen LogP contribution in [-0.2, 0) is 0 Å². The molecule has 1 unspecified atom stereocenters. The van der Waals surface area contributed by atoms with Gasteiger partial charge in [0.1, 0.15) is 0 Å². The molecule has 0 aliphatic carbocycles. The van der Waals surface area contributed by atoms with Gasteiger partial charge in [0.2, 0.25) is 0 Å². The molecule has 0 bridgehead atoms. The fraction of sp³-hybridized carbons (Fsp3) is 0.462. The maximum Gasteiger partial charge on any atom is 0.263 e. The second-order valence-corrected chi connectivity index (χ2v) is 4.93. The summed E-state index contributed by atoms with van der Waals surface area (Å²) in [5.41, 5.74) is 5.30. The number of rotatable bonds is 3. The Balaban J connectivity index is 2.79. The van der Waals surface area contributed by atoms with E-state index < -0.39 is 0 Å². The molecule has 0 radical (unpaired) electrons. The molecule has 1 aromatic rings. The lowest BCUT2D eigenvalue weighted by atomic mass is 10.2. The number of hydrogen-bond acceptors (Lipinski definition) is 3. The first-order valence-electron chi connectivity index (χ1n) is 5.66. The first kappa shape index (κ1) is 13.8. The van der Waals surface area contributed by atoms with E-state index in [0.717, 1.165) is 16.2 Å². The molecule has 0 saturated carbocycles. The van der Waals surface area contributed by atoms with Crippen molar-refractivity contribution in [1.29, 1.82) is 0 Å². The molecule has 0 saturated heterocycles. The van der Waals surface area contributed by atoms with Gasteiger partial charge in [-0.15, -0.1) is 11.3 Å². The van der Waals surface area contributed by atoms with Gasteiger partial charge < -0.3 is 10.6 Å². The van der Waals surface area contributed by atoms with Crippen LogP contribution in [0.15, 0.2) is 12.1 Å². The van der Waals surface area contributed by atoms with E-state index in [9.17, 15) is 4.79 Å². The zero-order chi connectivity index (χ0) is 12.8. The minimum absolute atomic E-state index is 0.0603. The summed E-state index contributed by atoms with van der Waals surface area (Å²) >= 11 is 1.42. The van der Waals surface area contributed by atoms with Crippen LogP contribution in [0.3, 0.4) is 0 Å². The van der Waals surface area contributed by atoms with Gasteiger partial charge in [0.05, 0.1) is 16.3 Å². The van der Waals surface area contributed by atoms with E-state index in [1.807, 2.05) is 26.1 Å². The molecular formula is C13H18N2OS. The molecule has 1 aromatic heterocycles. The highest BCUT2D eigenvalue weighted by molar-refractivity contribution is 7.14. The highest BCUT2D eigenvalue weighted by Crippen LogP contribution is 2.18. The minimum Gasteiger partial charge on any atom is -0.338 e. The van der Waals surface area contributed by atoms with Crippen LogP contribution < -0.4 is 5.73 Å². The Hall–Kier alpha value is -1.31. The van der Waals surface area contributed by atoms with Gasteiger partial charge in [-0.05, 0) is 25.5 Å². The summed E-state index contributed by atoms with van der Waals surface area (Å²) in [6.45, 7) is 4.45. The van der Waals surface area contributed by atoms with Crippen LogP contribution in [0, 0.1) is 11.8 Å². The molecule has 1 heterocycles. The molecule has 92 valence electrons. The predicted molar refractivity (Wildman–Crippen MR) is 72.1 cm³/mol. The largest absolute Gasteiger partial charge is 0.338 e. The second-order valence-electron chi connectivity index (χ2n) is 3.84. The normalized spacial score (nSPS) is 11.5. The number of amides is 1. The Morgan fingerprint density at radius 3 is 2.88 bits per heavy atom. The van der Waals surface area contributed by atoms with Gasteiger partial charge in [0, 0.05) is 13.1 Å². The van der Waals surface area contributed by atoms with E-state index in [0.29, 0.717) is 6.54 Å². The van der Waals surface area contributed by atoms with Crippen LogP contribution in [0.2, 0.25) is 0 Å². The second kappa shape index (κ2) is 6.43. The lowest BCUT2D eigenvalue weighted by Crippen LogP contribution is -2.34. The van der Waals surface area contributed by atoms with E-state index in [2.05, 4.69) is 18.8 Å². The molecule has 1 rings (SSSR count). The molecule has 1 atom stereocenters. The maximum atomic E-state index is 12.1. The van der Waals surface area contributed by atoms with E-state index in [1.165, 1.54) is 11.3 Å². The third-order valence-electron chi connectivity index (χ3n) is 2.70. The van der Waals surface area contributed by atoms with Crippen molar-refractivity contribution in [3.63, 3.8) is 0 Å². The van der Waals surface area contributed by atoms with E-state index in [1.54, 1.807) is 4.90 Å². The average molecular weight is 250 g/mol. The zero-order valence-electron chi connectivity index (χ0n) is 10.5. The molecule has 0 aliphatic rings. The van der Waals surface area contributed by atoms with Crippen molar-refractivity contribution in [1.82, 2.24) is 4.90 Å². The highest BCUT2D eigenvalue weighted by Gasteiger charge is 2.17. The summed E-state index contributed by atoms with van der Waals surface area (Å²) in [5.74, 6) is 5.78. The number of thiophene rings is 1. The Morgan fingerprint density at radius 1 is 1.59 bits per heavy atom. The number of carbonyl (C=O) groups excluding carboxylic acids is 1. The van der Waals surface area contributed by atoms with Gasteiger partial charge in [0.15, 0.2) is 0 Å². The topological polar surface area (TPSA) is 46.3 Å². The van der Waals surface area contributed by atoms with Crippen LogP contribution in [0.5, 0.6) is 0 Å². The summed E-state index contributed by atoms with van der Waals surface area (Å²) in [4.78, 5) is 15.5. The lowest BCUT2D eigenvalue weighted by Gasteiger charge is -2.22. The number of nitrogens with two attached hydrogens (primary N) is 1. The predicted octanol–water partition coefficient (Wildman–Crippen LogP) is 1.93. The summed E-state index contributed by atoms with van der Waals surface area (Å²) in [7, 11) is 1.83. The summed E-state index contributed by atoms with van der Waals surface area (Å²) in [6.07, 6.45) is 0.952. The summed E-state index contributed by atoms with van der Waals surface area (Å²) < 4.78 is 0. The van der Waals surface area contributed by atoms with Crippen LogP contribution >= 0.6 is 11.3 Å². The average Bonchev–Trinajstić information content (AvgIpc) is 2.82. The summed E-state index contributed by atoms with van der Waals surface area (Å²) in [5, 5.41) is 0. The Morgan fingerprint density at radius 2 is 2.29 bits per heavy atom. The Labute approximate surface area is 107 Å². The van der Waals surface area contributed by atoms with Gasteiger partial charge >= 0.3 is 0 Å². The van der Waals surface area contributed by atoms with Crippen molar-refractivity contribution in [3.05, 3.63) is 21.9 Å². The first-order valence-corrected chi connectivity index (χ1v) is 6.47. The number of hydrogen-bond donors (Lipinski definition) is 1. The molecular weight excluding hydrogens is 232 g/mol. The van der Waals surface area contributed by atoms with Crippen molar-refractivity contribution in [2.24, 2.45) is 5.73 Å². The van der Waals surface area contributed by atoms with Gasteiger partial charge in [-0.25, -0.2) is 0 Å². The quantitative estimate of drug-likeness (QED) is 0.833. The molecule has 1 amide bonds. The first-order chi connectivity index (χ1) is 8.10. The van der Waals surface area contributed by atoms with Crippen LogP contribution in [-0.4, -0.2) is 30.4 Å². The van der Waals surface area contributed by atoms with Crippen molar-refractivity contribution in [2.45, 2.75) is 26.3 Å². The molecule has 3 nitrogen and oxygen atoms in total. The van der Waals surface area contributed by atoms with E-state index in [-0.39, 0.29) is 11.9 Å². The third-order valence-corrected chi connectivity index (χ3v) is 3.69. The fourth-order valence-electron chi connectivity index (χ4n) is 1.31. The van der Waals surface area contributed by atoms with Crippen molar-refractivity contribution in [2.75, 3.05) is 13.6 Å². The number of carbonyl (C=O) groups is 1. The molecule has 17 heavy (non-hydrogen) atoms. The molecule has 4 heteroatoms. The molecule has 0 aliphatic heterocycles.